The lowest BCUT2D eigenvalue weighted by molar-refractivity contribution is 0.375. The first-order valence-corrected chi connectivity index (χ1v) is 9.17. The summed E-state index contributed by atoms with van der Waals surface area (Å²) >= 11 is 9.34. The van der Waals surface area contributed by atoms with Gasteiger partial charge in [-0.1, -0.05) is 46.7 Å². The fourth-order valence-corrected chi connectivity index (χ4v) is 4.33. The van der Waals surface area contributed by atoms with E-state index in [1.165, 1.54) is 23.1 Å². The number of hydrogen-bond acceptors (Lipinski definition) is 8. The van der Waals surface area contributed by atoms with E-state index in [9.17, 15) is 0 Å². The van der Waals surface area contributed by atoms with Crippen LogP contribution in [0.1, 0.15) is 23.9 Å². The highest BCUT2D eigenvalue weighted by atomic mass is 35.5. The maximum Gasteiger partial charge on any atom is 0.277 e. The molecule has 4 aromatic rings. The molecule has 0 amide bonds. The van der Waals surface area contributed by atoms with Crippen LogP contribution < -0.4 is 0 Å². The van der Waals surface area contributed by atoms with Crippen LogP contribution in [0, 0.1) is 6.92 Å². The number of rotatable bonds is 4. The Morgan fingerprint density at radius 3 is 2.83 bits per heavy atom. The van der Waals surface area contributed by atoms with Crippen molar-refractivity contribution < 1.29 is 8.94 Å². The van der Waals surface area contributed by atoms with Gasteiger partial charge in [0.05, 0.1) is 10.3 Å². The molecule has 24 heavy (non-hydrogen) atoms. The van der Waals surface area contributed by atoms with E-state index in [-0.39, 0.29) is 5.25 Å². The summed E-state index contributed by atoms with van der Waals surface area (Å²) < 4.78 is 12.0. The van der Waals surface area contributed by atoms with Crippen molar-refractivity contribution in [1.29, 1.82) is 0 Å². The van der Waals surface area contributed by atoms with Crippen molar-refractivity contribution in [2.45, 2.75) is 24.3 Å². The van der Waals surface area contributed by atoms with Gasteiger partial charge in [0, 0.05) is 10.1 Å². The minimum atomic E-state index is -0.0858. The SMILES string of the molecule is Cc1noc(C(C)Sc2nnc(-c3sc4ccccc4c3Cl)o2)n1. The van der Waals surface area contributed by atoms with Gasteiger partial charge in [0.2, 0.25) is 5.89 Å². The van der Waals surface area contributed by atoms with Crippen LogP contribution in [0.5, 0.6) is 0 Å². The Kier molecular flexibility index (Phi) is 4.03. The van der Waals surface area contributed by atoms with E-state index in [4.69, 9.17) is 20.5 Å². The van der Waals surface area contributed by atoms with E-state index in [1.807, 2.05) is 31.2 Å². The molecule has 0 aliphatic heterocycles. The first-order chi connectivity index (χ1) is 11.6. The highest BCUT2D eigenvalue weighted by molar-refractivity contribution is 7.99. The molecule has 6 nitrogen and oxygen atoms in total. The van der Waals surface area contributed by atoms with Gasteiger partial charge in [0.15, 0.2) is 5.82 Å². The summed E-state index contributed by atoms with van der Waals surface area (Å²) in [5.74, 6) is 1.54. The van der Waals surface area contributed by atoms with Crippen molar-refractivity contribution >= 4 is 44.8 Å². The molecule has 1 aromatic carbocycles. The Hall–Kier alpha value is -1.90. The lowest BCUT2D eigenvalue weighted by Crippen LogP contribution is -1.88. The molecule has 1 unspecified atom stereocenters. The minimum Gasteiger partial charge on any atom is -0.410 e. The zero-order valence-corrected chi connectivity index (χ0v) is 15.1. The van der Waals surface area contributed by atoms with Gasteiger partial charge in [-0.2, -0.15) is 4.98 Å². The molecule has 0 bridgehead atoms. The van der Waals surface area contributed by atoms with Crippen LogP contribution in [0.15, 0.2) is 38.4 Å². The van der Waals surface area contributed by atoms with Crippen molar-refractivity contribution in [2.75, 3.05) is 0 Å². The molecule has 122 valence electrons. The number of aromatic nitrogens is 4. The van der Waals surface area contributed by atoms with Crippen molar-refractivity contribution in [1.82, 2.24) is 20.3 Å². The molecule has 0 fully saturated rings. The summed E-state index contributed by atoms with van der Waals surface area (Å²) in [6.45, 7) is 3.71. The van der Waals surface area contributed by atoms with Crippen LogP contribution in [0.4, 0.5) is 0 Å². The lowest BCUT2D eigenvalue weighted by Gasteiger charge is -2.00. The van der Waals surface area contributed by atoms with E-state index in [2.05, 4.69) is 20.3 Å². The third-order valence-electron chi connectivity index (χ3n) is 3.30. The van der Waals surface area contributed by atoms with Crippen molar-refractivity contribution in [3.05, 3.63) is 41.0 Å². The smallest absolute Gasteiger partial charge is 0.277 e. The normalized spacial score (nSPS) is 12.8. The second-order valence-electron chi connectivity index (χ2n) is 5.05. The summed E-state index contributed by atoms with van der Waals surface area (Å²) in [5.41, 5.74) is 0. The van der Waals surface area contributed by atoms with Crippen molar-refractivity contribution in [3.63, 3.8) is 0 Å². The monoisotopic (exact) mass is 378 g/mol. The maximum absolute atomic E-state index is 6.45. The zero-order valence-electron chi connectivity index (χ0n) is 12.7. The average Bonchev–Trinajstić information content (AvgIpc) is 3.27. The summed E-state index contributed by atoms with van der Waals surface area (Å²) in [4.78, 5) is 4.98. The topological polar surface area (TPSA) is 77.8 Å². The number of benzene rings is 1. The molecule has 9 heteroatoms. The fourth-order valence-electron chi connectivity index (χ4n) is 2.18. The Labute approximate surface area is 150 Å². The molecular weight excluding hydrogens is 368 g/mol. The third-order valence-corrected chi connectivity index (χ3v) is 5.89. The van der Waals surface area contributed by atoms with Crippen LogP contribution >= 0.6 is 34.7 Å². The molecule has 0 aliphatic rings. The number of thioether (sulfide) groups is 1. The highest BCUT2D eigenvalue weighted by Crippen LogP contribution is 2.42. The predicted molar refractivity (Wildman–Crippen MR) is 93.4 cm³/mol. The standard InChI is InChI=1S/C15H11ClN4O2S2/c1-7(13-17-8(2)20-22-13)23-15-19-18-14(21-15)12-11(16)9-5-3-4-6-10(9)24-12/h3-7H,1-2H3. The number of hydrogen-bond donors (Lipinski definition) is 0. The van der Waals surface area contributed by atoms with Crippen LogP contribution in [-0.2, 0) is 0 Å². The first kappa shape index (κ1) is 15.6. The highest BCUT2D eigenvalue weighted by Gasteiger charge is 2.21. The van der Waals surface area contributed by atoms with Crippen LogP contribution in [0.2, 0.25) is 5.02 Å². The van der Waals surface area contributed by atoms with E-state index in [0.29, 0.717) is 27.9 Å². The van der Waals surface area contributed by atoms with E-state index >= 15 is 0 Å². The van der Waals surface area contributed by atoms with E-state index in [0.717, 1.165) is 15.0 Å². The Morgan fingerprint density at radius 1 is 1.25 bits per heavy atom. The zero-order chi connectivity index (χ0) is 16.7. The van der Waals surface area contributed by atoms with Gasteiger partial charge >= 0.3 is 0 Å². The second-order valence-corrected chi connectivity index (χ2v) is 7.78. The number of thiophene rings is 1. The molecule has 0 radical (unpaired) electrons. The van der Waals surface area contributed by atoms with Gasteiger partial charge in [-0.3, -0.25) is 0 Å². The Bertz CT molecular complexity index is 1010. The van der Waals surface area contributed by atoms with Gasteiger partial charge in [0.25, 0.3) is 11.1 Å². The summed E-state index contributed by atoms with van der Waals surface area (Å²) in [6.07, 6.45) is 0. The molecule has 0 N–H and O–H groups in total. The van der Waals surface area contributed by atoms with Crippen molar-refractivity contribution in [2.24, 2.45) is 0 Å². The number of nitrogens with zero attached hydrogens (tertiary/aromatic N) is 4. The molecule has 0 saturated heterocycles. The van der Waals surface area contributed by atoms with Crippen LogP contribution in [-0.4, -0.2) is 20.3 Å². The molecule has 0 aliphatic carbocycles. The summed E-state index contributed by atoms with van der Waals surface area (Å²) in [7, 11) is 0. The van der Waals surface area contributed by atoms with E-state index < -0.39 is 0 Å². The molecule has 0 spiro atoms. The lowest BCUT2D eigenvalue weighted by atomic mass is 10.2. The summed E-state index contributed by atoms with van der Waals surface area (Å²) in [6, 6.07) is 7.92. The maximum atomic E-state index is 6.45. The van der Waals surface area contributed by atoms with Crippen LogP contribution in [0.25, 0.3) is 20.9 Å². The number of halogens is 1. The largest absolute Gasteiger partial charge is 0.410 e. The molecule has 3 aromatic heterocycles. The fraction of sp³-hybridized carbons (Fsp3) is 0.200. The summed E-state index contributed by atoms with van der Waals surface area (Å²) in [5, 5.41) is 14.0. The van der Waals surface area contributed by atoms with Gasteiger partial charge in [-0.05, 0) is 19.9 Å². The number of aryl methyl sites for hydroxylation is 1. The van der Waals surface area contributed by atoms with Gasteiger partial charge in [-0.15, -0.1) is 21.5 Å². The quantitative estimate of drug-likeness (QED) is 0.454. The average molecular weight is 379 g/mol. The minimum absolute atomic E-state index is 0.0858. The van der Waals surface area contributed by atoms with Gasteiger partial charge in [-0.25, -0.2) is 0 Å². The molecule has 4 rings (SSSR count). The predicted octanol–water partition coefficient (Wildman–Crippen LogP) is 5.15. The Balaban J connectivity index is 1.61. The van der Waals surface area contributed by atoms with E-state index in [1.54, 1.807) is 6.92 Å². The van der Waals surface area contributed by atoms with Gasteiger partial charge in [0.1, 0.15) is 4.88 Å². The van der Waals surface area contributed by atoms with Crippen LogP contribution in [0.3, 0.4) is 0 Å². The Morgan fingerprint density at radius 2 is 2.08 bits per heavy atom. The molecule has 0 saturated carbocycles. The third kappa shape index (κ3) is 2.81. The molecular formula is C15H11ClN4O2S2. The second kappa shape index (κ2) is 6.19. The van der Waals surface area contributed by atoms with Crippen molar-refractivity contribution in [3.8, 4) is 10.8 Å². The molecule has 1 atom stereocenters. The number of fused-ring (bicyclic) bond motifs is 1. The first-order valence-electron chi connectivity index (χ1n) is 7.09. The molecule has 3 heterocycles. The van der Waals surface area contributed by atoms with Gasteiger partial charge < -0.3 is 8.94 Å².